The Kier molecular flexibility index (Phi) is 3.10. The molecule has 0 N–H and O–H groups in total. The van der Waals surface area contributed by atoms with Crippen molar-refractivity contribution in [2.75, 3.05) is 26.3 Å². The van der Waals surface area contributed by atoms with Crippen molar-refractivity contribution < 1.29 is 22.4 Å². The van der Waals surface area contributed by atoms with Gasteiger partial charge in [0.1, 0.15) is 0 Å². The summed E-state index contributed by atoms with van der Waals surface area (Å²) in [5.41, 5.74) is 0. The molecule has 1 fully saturated rings. The molecule has 0 aromatic carbocycles. The molecule has 0 bridgehead atoms. The summed E-state index contributed by atoms with van der Waals surface area (Å²) in [7, 11) is 0. The van der Waals surface area contributed by atoms with Gasteiger partial charge in [-0.15, -0.1) is 0 Å². The molecule has 8 heteroatoms. The van der Waals surface area contributed by atoms with Gasteiger partial charge >= 0.3 is 6.18 Å². The van der Waals surface area contributed by atoms with Gasteiger partial charge in [0.05, 0.1) is 19.8 Å². The van der Waals surface area contributed by atoms with E-state index in [1.807, 2.05) is 4.90 Å². The van der Waals surface area contributed by atoms with Crippen molar-refractivity contribution in [1.82, 2.24) is 15.0 Å². The van der Waals surface area contributed by atoms with E-state index < -0.39 is 12.0 Å². The van der Waals surface area contributed by atoms with Crippen molar-refractivity contribution >= 4 is 0 Å². The second-order valence-corrected chi connectivity index (χ2v) is 3.40. The lowest BCUT2D eigenvalue weighted by Gasteiger charge is -2.24. The molecule has 0 aliphatic carbocycles. The molecule has 1 aliphatic rings. The summed E-state index contributed by atoms with van der Waals surface area (Å²) in [4.78, 5) is 5.19. The molecule has 0 spiro atoms. The van der Waals surface area contributed by atoms with Crippen LogP contribution in [0.15, 0.2) is 4.52 Å². The third-order valence-corrected chi connectivity index (χ3v) is 2.18. The summed E-state index contributed by atoms with van der Waals surface area (Å²) in [6, 6.07) is 0. The maximum absolute atomic E-state index is 12.2. The Morgan fingerprint density at radius 3 is 2.50 bits per heavy atom. The van der Waals surface area contributed by atoms with E-state index in [9.17, 15) is 13.2 Å². The Morgan fingerprint density at radius 2 is 1.94 bits per heavy atom. The molecule has 2 heterocycles. The normalized spacial score (nSPS) is 18.9. The second-order valence-electron chi connectivity index (χ2n) is 3.40. The highest BCUT2D eigenvalue weighted by atomic mass is 19.4. The molecule has 90 valence electrons. The largest absolute Gasteiger partial charge is 0.455 e. The van der Waals surface area contributed by atoms with Crippen LogP contribution in [0, 0.1) is 0 Å². The molecule has 0 unspecified atom stereocenters. The van der Waals surface area contributed by atoms with E-state index in [0.717, 1.165) is 0 Å². The third-order valence-electron chi connectivity index (χ3n) is 2.18. The first-order valence-electron chi connectivity index (χ1n) is 4.75. The van der Waals surface area contributed by atoms with Crippen LogP contribution in [-0.4, -0.2) is 41.3 Å². The Labute approximate surface area is 89.2 Å². The predicted octanol–water partition coefficient (Wildman–Crippen LogP) is 0.921. The number of morpholine rings is 1. The van der Waals surface area contributed by atoms with Crippen molar-refractivity contribution in [2.45, 2.75) is 12.7 Å². The summed E-state index contributed by atoms with van der Waals surface area (Å²) in [6.07, 6.45) is -4.55. The maximum Gasteiger partial charge on any atom is 0.455 e. The first-order valence-corrected chi connectivity index (χ1v) is 4.75. The average molecular weight is 237 g/mol. The number of rotatable bonds is 2. The number of hydrogen-bond donors (Lipinski definition) is 0. The zero-order valence-corrected chi connectivity index (χ0v) is 8.33. The van der Waals surface area contributed by atoms with Gasteiger partial charge in [-0.25, -0.2) is 0 Å². The molecule has 16 heavy (non-hydrogen) atoms. The van der Waals surface area contributed by atoms with Gasteiger partial charge in [0.15, 0.2) is 0 Å². The van der Waals surface area contributed by atoms with E-state index in [4.69, 9.17) is 4.74 Å². The molecule has 0 amide bonds. The molecule has 0 saturated carbocycles. The van der Waals surface area contributed by atoms with Crippen LogP contribution in [0.25, 0.3) is 0 Å². The van der Waals surface area contributed by atoms with Crippen molar-refractivity contribution in [3.8, 4) is 0 Å². The maximum atomic E-state index is 12.2. The van der Waals surface area contributed by atoms with Crippen LogP contribution in [0.1, 0.15) is 11.7 Å². The van der Waals surface area contributed by atoms with Crippen LogP contribution in [0.3, 0.4) is 0 Å². The predicted molar refractivity (Wildman–Crippen MR) is 45.4 cm³/mol. The summed E-state index contributed by atoms with van der Waals surface area (Å²) in [5.74, 6) is -1.25. The SMILES string of the molecule is FC(F)(F)c1noc(CN2CCOCC2)n1. The number of aromatic nitrogens is 2. The lowest BCUT2D eigenvalue weighted by Crippen LogP contribution is -2.35. The minimum absolute atomic E-state index is 0.0192. The van der Waals surface area contributed by atoms with Gasteiger partial charge < -0.3 is 9.26 Å². The van der Waals surface area contributed by atoms with Gasteiger partial charge in [0.25, 0.3) is 5.82 Å². The standard InChI is InChI=1S/C8H10F3N3O2/c9-8(10,11)7-12-6(16-13-7)5-14-1-3-15-4-2-14/h1-5H2. The fourth-order valence-electron chi connectivity index (χ4n) is 1.38. The average Bonchev–Trinajstić information content (AvgIpc) is 2.67. The van der Waals surface area contributed by atoms with Crippen LogP contribution in [-0.2, 0) is 17.5 Å². The Morgan fingerprint density at radius 1 is 1.25 bits per heavy atom. The summed E-state index contributed by atoms with van der Waals surface area (Å²) < 4.78 is 46.1. The monoisotopic (exact) mass is 237 g/mol. The first-order chi connectivity index (χ1) is 7.55. The van der Waals surface area contributed by atoms with Crippen molar-refractivity contribution in [2.24, 2.45) is 0 Å². The molecule has 1 aromatic rings. The second kappa shape index (κ2) is 4.38. The lowest BCUT2D eigenvalue weighted by atomic mass is 10.4. The van der Waals surface area contributed by atoms with Gasteiger partial charge in [-0.1, -0.05) is 5.16 Å². The lowest BCUT2D eigenvalue weighted by molar-refractivity contribution is -0.146. The zero-order valence-electron chi connectivity index (χ0n) is 8.33. The Hall–Kier alpha value is -1.15. The fraction of sp³-hybridized carbons (Fsp3) is 0.750. The number of ether oxygens (including phenoxy) is 1. The molecule has 1 aromatic heterocycles. The number of nitrogens with zero attached hydrogens (tertiary/aromatic N) is 3. The number of hydrogen-bond acceptors (Lipinski definition) is 5. The van der Waals surface area contributed by atoms with E-state index in [-0.39, 0.29) is 12.4 Å². The van der Waals surface area contributed by atoms with Crippen molar-refractivity contribution in [3.63, 3.8) is 0 Å². The van der Waals surface area contributed by atoms with Crippen LogP contribution < -0.4 is 0 Å². The fourth-order valence-corrected chi connectivity index (χ4v) is 1.38. The summed E-state index contributed by atoms with van der Waals surface area (Å²) >= 11 is 0. The van der Waals surface area contributed by atoms with Gasteiger partial charge in [0, 0.05) is 13.1 Å². The Balaban J connectivity index is 1.97. The van der Waals surface area contributed by atoms with Gasteiger partial charge in [0.2, 0.25) is 5.89 Å². The first kappa shape index (κ1) is 11.3. The van der Waals surface area contributed by atoms with E-state index in [2.05, 4.69) is 14.7 Å². The Bertz CT molecular complexity index is 347. The molecule has 0 radical (unpaired) electrons. The molecule has 2 rings (SSSR count). The van der Waals surface area contributed by atoms with Crippen LogP contribution in [0.2, 0.25) is 0 Å². The smallest absolute Gasteiger partial charge is 0.379 e. The van der Waals surface area contributed by atoms with Crippen LogP contribution in [0.4, 0.5) is 13.2 Å². The van der Waals surface area contributed by atoms with Gasteiger partial charge in [-0.05, 0) is 0 Å². The van der Waals surface area contributed by atoms with E-state index >= 15 is 0 Å². The van der Waals surface area contributed by atoms with Crippen LogP contribution >= 0.6 is 0 Å². The summed E-state index contributed by atoms with van der Waals surface area (Å²) in [6.45, 7) is 2.68. The highest BCUT2D eigenvalue weighted by molar-refractivity contribution is 4.90. The van der Waals surface area contributed by atoms with Gasteiger partial charge in [-0.2, -0.15) is 18.2 Å². The highest BCUT2D eigenvalue weighted by Crippen LogP contribution is 2.26. The summed E-state index contributed by atoms with van der Waals surface area (Å²) in [5, 5.41) is 2.88. The van der Waals surface area contributed by atoms with Crippen LogP contribution in [0.5, 0.6) is 0 Å². The topological polar surface area (TPSA) is 51.4 Å². The minimum Gasteiger partial charge on any atom is -0.379 e. The third kappa shape index (κ3) is 2.70. The number of halogens is 3. The molecule has 0 atom stereocenters. The quantitative estimate of drug-likeness (QED) is 0.765. The molecular weight excluding hydrogens is 227 g/mol. The molecule has 5 nitrogen and oxygen atoms in total. The van der Waals surface area contributed by atoms with Gasteiger partial charge in [-0.3, -0.25) is 4.90 Å². The molecule has 1 aliphatic heterocycles. The molecule has 1 saturated heterocycles. The van der Waals surface area contributed by atoms with E-state index in [1.54, 1.807) is 0 Å². The highest BCUT2D eigenvalue weighted by Gasteiger charge is 2.37. The number of alkyl halides is 3. The minimum atomic E-state index is -4.55. The zero-order chi connectivity index (χ0) is 11.6. The molecular formula is C8H10F3N3O2. The van der Waals surface area contributed by atoms with E-state index in [0.29, 0.717) is 26.3 Å². The van der Waals surface area contributed by atoms with Crippen molar-refractivity contribution in [3.05, 3.63) is 11.7 Å². The van der Waals surface area contributed by atoms with E-state index in [1.165, 1.54) is 0 Å². The van der Waals surface area contributed by atoms with Crippen molar-refractivity contribution in [1.29, 1.82) is 0 Å².